The van der Waals surface area contributed by atoms with E-state index in [4.69, 9.17) is 4.42 Å². The van der Waals surface area contributed by atoms with Crippen LogP contribution in [0.4, 0.5) is 0 Å². The van der Waals surface area contributed by atoms with Gasteiger partial charge >= 0.3 is 5.69 Å². The number of aromatic nitrogens is 2. The first-order valence-corrected chi connectivity index (χ1v) is 12.3. The van der Waals surface area contributed by atoms with Crippen molar-refractivity contribution in [2.24, 2.45) is 0 Å². The van der Waals surface area contributed by atoms with Crippen LogP contribution in [0.2, 0.25) is 0 Å². The molecule has 1 amide bonds. The maximum absolute atomic E-state index is 14.0. The first kappa shape index (κ1) is 23.5. The third kappa shape index (κ3) is 5.37. The first-order chi connectivity index (χ1) is 17.6. The minimum atomic E-state index is -0.620. The minimum Gasteiger partial charge on any atom is -0.467 e. The summed E-state index contributed by atoms with van der Waals surface area (Å²) in [6.07, 6.45) is 1.60. The van der Waals surface area contributed by atoms with Gasteiger partial charge in [0.05, 0.1) is 30.3 Å². The highest BCUT2D eigenvalue weighted by molar-refractivity contribution is 7.09. The van der Waals surface area contributed by atoms with Crippen molar-refractivity contribution in [3.8, 4) is 0 Å². The van der Waals surface area contributed by atoms with Gasteiger partial charge in [-0.05, 0) is 46.8 Å². The summed E-state index contributed by atoms with van der Waals surface area (Å²) >= 11 is 1.60. The second-order valence-electron chi connectivity index (χ2n) is 8.37. The lowest BCUT2D eigenvalue weighted by molar-refractivity contribution is -0.135. The van der Waals surface area contributed by atoms with Gasteiger partial charge in [-0.15, -0.1) is 11.3 Å². The zero-order valence-electron chi connectivity index (χ0n) is 19.3. The quantitative estimate of drug-likeness (QED) is 0.284. The Morgan fingerprint density at radius 3 is 2.58 bits per heavy atom. The van der Waals surface area contributed by atoms with Crippen LogP contribution in [0.25, 0.3) is 10.9 Å². The highest BCUT2D eigenvalue weighted by Crippen LogP contribution is 2.22. The average molecular weight is 501 g/mol. The van der Waals surface area contributed by atoms with Crippen molar-refractivity contribution >= 4 is 28.1 Å². The number of rotatable bonds is 9. The molecule has 0 saturated heterocycles. The van der Waals surface area contributed by atoms with Crippen molar-refractivity contribution in [2.45, 2.75) is 25.7 Å². The molecule has 182 valence electrons. The molecule has 3 heterocycles. The number of furan rings is 1. The highest BCUT2D eigenvalue weighted by Gasteiger charge is 2.27. The lowest BCUT2D eigenvalue weighted by atomic mass is 10.0. The first-order valence-electron chi connectivity index (χ1n) is 11.4. The van der Waals surface area contributed by atoms with Gasteiger partial charge in [0, 0.05) is 11.4 Å². The van der Waals surface area contributed by atoms with Gasteiger partial charge in [-0.1, -0.05) is 42.5 Å². The molecule has 8 nitrogen and oxygen atoms in total. The van der Waals surface area contributed by atoms with E-state index in [0.29, 0.717) is 36.3 Å². The molecule has 0 unspecified atom stereocenters. The van der Waals surface area contributed by atoms with Crippen LogP contribution in [0.3, 0.4) is 0 Å². The monoisotopic (exact) mass is 500 g/mol. The topological polar surface area (TPSA) is 111 Å². The van der Waals surface area contributed by atoms with Crippen molar-refractivity contribution in [3.63, 3.8) is 0 Å². The van der Waals surface area contributed by atoms with Gasteiger partial charge in [0.25, 0.3) is 5.56 Å². The van der Waals surface area contributed by atoms with Gasteiger partial charge in [0.15, 0.2) is 0 Å². The summed E-state index contributed by atoms with van der Waals surface area (Å²) in [7, 11) is 0. The van der Waals surface area contributed by atoms with Gasteiger partial charge < -0.3 is 14.3 Å². The highest BCUT2D eigenvalue weighted by atomic mass is 32.1. The molecular formula is C27H24N4O4S. The second kappa shape index (κ2) is 10.6. The number of thiophene rings is 1. The Morgan fingerprint density at radius 1 is 0.972 bits per heavy atom. The lowest BCUT2D eigenvalue weighted by Gasteiger charge is -2.27. The Kier molecular flexibility index (Phi) is 6.92. The van der Waals surface area contributed by atoms with E-state index in [9.17, 15) is 14.4 Å². The summed E-state index contributed by atoms with van der Waals surface area (Å²) in [5, 5.41) is 5.76. The molecule has 0 aliphatic rings. The van der Waals surface area contributed by atoms with Crippen LogP contribution in [-0.2, 0) is 24.4 Å². The number of aromatic amines is 2. The van der Waals surface area contributed by atoms with Crippen LogP contribution < -0.4 is 16.6 Å². The van der Waals surface area contributed by atoms with E-state index in [2.05, 4.69) is 15.3 Å². The summed E-state index contributed by atoms with van der Waals surface area (Å²) in [5.74, 6) is 0.614. The van der Waals surface area contributed by atoms with Crippen molar-refractivity contribution in [2.75, 3.05) is 0 Å². The van der Waals surface area contributed by atoms with Gasteiger partial charge in [-0.3, -0.25) is 19.9 Å². The molecule has 3 aromatic heterocycles. The number of nitrogens with one attached hydrogen (secondary N) is 3. The van der Waals surface area contributed by atoms with Crippen molar-refractivity contribution in [3.05, 3.63) is 127 Å². The normalized spacial score (nSPS) is 12.0. The van der Waals surface area contributed by atoms with E-state index in [0.717, 1.165) is 16.0 Å². The molecule has 0 spiro atoms. The smallest absolute Gasteiger partial charge is 0.326 e. The van der Waals surface area contributed by atoms with E-state index >= 15 is 0 Å². The number of benzene rings is 2. The Balaban J connectivity index is 1.43. The maximum atomic E-state index is 14.0. The van der Waals surface area contributed by atoms with E-state index in [-0.39, 0.29) is 5.91 Å². The Bertz CT molecular complexity index is 1520. The Hall–Kier alpha value is -4.21. The molecule has 0 aliphatic carbocycles. The SMILES string of the molecule is O=C([C@@H](NCc1ccc2[nH]c(=O)[nH]c(=O)c2c1)c1ccccc1)N(Cc1ccco1)Cc1cccs1. The summed E-state index contributed by atoms with van der Waals surface area (Å²) in [6, 6.07) is 21.8. The van der Waals surface area contributed by atoms with Gasteiger partial charge in [0.2, 0.25) is 5.91 Å². The van der Waals surface area contributed by atoms with Gasteiger partial charge in [-0.2, -0.15) is 0 Å². The third-order valence-corrected chi connectivity index (χ3v) is 6.72. The number of hydrogen-bond donors (Lipinski definition) is 3. The number of fused-ring (bicyclic) bond motifs is 1. The van der Waals surface area contributed by atoms with E-state index in [1.807, 2.05) is 66.0 Å². The zero-order valence-corrected chi connectivity index (χ0v) is 20.1. The van der Waals surface area contributed by atoms with Gasteiger partial charge in [-0.25, -0.2) is 4.79 Å². The number of hydrogen-bond acceptors (Lipinski definition) is 6. The van der Waals surface area contributed by atoms with Crippen LogP contribution in [0.15, 0.2) is 98.4 Å². The van der Waals surface area contributed by atoms with Gasteiger partial charge in [0.1, 0.15) is 11.8 Å². The summed E-state index contributed by atoms with van der Waals surface area (Å²) in [6.45, 7) is 1.14. The molecule has 36 heavy (non-hydrogen) atoms. The van der Waals surface area contributed by atoms with Crippen LogP contribution in [0.1, 0.15) is 27.8 Å². The fourth-order valence-electron chi connectivity index (χ4n) is 4.11. The number of carbonyl (C=O) groups excluding carboxylic acids is 1. The molecule has 0 fully saturated rings. The maximum Gasteiger partial charge on any atom is 0.326 e. The molecule has 9 heteroatoms. The zero-order chi connectivity index (χ0) is 24.9. The van der Waals surface area contributed by atoms with E-state index in [1.54, 1.807) is 34.6 Å². The predicted molar refractivity (Wildman–Crippen MR) is 138 cm³/mol. The van der Waals surface area contributed by atoms with Crippen molar-refractivity contribution < 1.29 is 9.21 Å². The molecule has 0 bridgehead atoms. The molecule has 2 aromatic carbocycles. The molecule has 0 radical (unpaired) electrons. The largest absolute Gasteiger partial charge is 0.467 e. The fraction of sp³-hybridized carbons (Fsp3) is 0.148. The summed E-state index contributed by atoms with van der Waals surface area (Å²) in [4.78, 5) is 45.5. The second-order valence-corrected chi connectivity index (χ2v) is 9.40. The Morgan fingerprint density at radius 2 is 1.83 bits per heavy atom. The standard InChI is InChI=1S/C27H24N4O4S/c32-25-22-14-18(10-11-23(22)29-27(34)30-25)15-28-24(19-6-2-1-3-7-19)26(33)31(16-20-8-4-12-35-20)17-21-9-5-13-36-21/h1-14,24,28H,15-17H2,(H2,29,30,32,34)/t24-/m0/s1. The number of H-pyrrole nitrogens is 2. The van der Waals surface area contributed by atoms with Crippen LogP contribution in [-0.4, -0.2) is 20.8 Å². The number of carbonyl (C=O) groups is 1. The minimum absolute atomic E-state index is 0.0889. The summed E-state index contributed by atoms with van der Waals surface area (Å²) in [5.41, 5.74) is 1.11. The number of nitrogens with zero attached hydrogens (tertiary/aromatic N) is 1. The molecule has 1 atom stereocenters. The Labute approximate surface area is 210 Å². The summed E-state index contributed by atoms with van der Waals surface area (Å²) < 4.78 is 5.54. The van der Waals surface area contributed by atoms with Crippen LogP contribution in [0.5, 0.6) is 0 Å². The number of amides is 1. The average Bonchev–Trinajstić information content (AvgIpc) is 3.59. The molecule has 3 N–H and O–H groups in total. The van der Waals surface area contributed by atoms with Crippen molar-refractivity contribution in [1.29, 1.82) is 0 Å². The third-order valence-electron chi connectivity index (χ3n) is 5.86. The van der Waals surface area contributed by atoms with Crippen molar-refractivity contribution in [1.82, 2.24) is 20.2 Å². The van der Waals surface area contributed by atoms with Crippen LogP contribution >= 0.6 is 11.3 Å². The van der Waals surface area contributed by atoms with Crippen LogP contribution in [0, 0.1) is 0 Å². The van der Waals surface area contributed by atoms with E-state index < -0.39 is 17.3 Å². The fourth-order valence-corrected chi connectivity index (χ4v) is 4.83. The van der Waals surface area contributed by atoms with E-state index in [1.165, 1.54) is 0 Å². The lowest BCUT2D eigenvalue weighted by Crippen LogP contribution is -2.40. The molecule has 0 saturated carbocycles. The predicted octanol–water partition coefficient (Wildman–Crippen LogP) is 3.93. The molecule has 5 aromatic rings. The molecule has 5 rings (SSSR count). The molecule has 0 aliphatic heterocycles. The molecular weight excluding hydrogens is 476 g/mol.